The first-order chi connectivity index (χ1) is 17.9. The molecule has 0 atom stereocenters. The van der Waals surface area contributed by atoms with Gasteiger partial charge in [0.2, 0.25) is 5.91 Å². The predicted molar refractivity (Wildman–Crippen MR) is 139 cm³/mol. The van der Waals surface area contributed by atoms with E-state index in [1.807, 2.05) is 26.0 Å². The maximum atomic E-state index is 13.3. The number of pyridine rings is 2. The topological polar surface area (TPSA) is 146 Å². The smallest absolute Gasteiger partial charge is 0.264 e. The Morgan fingerprint density at radius 1 is 1.22 bits per heavy atom. The maximum absolute atomic E-state index is 13.3. The molecule has 198 valence electrons. The van der Waals surface area contributed by atoms with Gasteiger partial charge in [0, 0.05) is 50.1 Å². The number of nitrogens with zero attached hydrogens (tertiary/aromatic N) is 4. The van der Waals surface area contributed by atoms with Crippen LogP contribution in [0.3, 0.4) is 0 Å². The largest absolute Gasteiger partial charge is 0.390 e. The summed E-state index contributed by atoms with van der Waals surface area (Å²) in [7, 11) is 0. The van der Waals surface area contributed by atoms with Gasteiger partial charge in [0.05, 0.1) is 31.9 Å². The average Bonchev–Trinajstić information content (AvgIpc) is 2.90. The summed E-state index contributed by atoms with van der Waals surface area (Å²) in [5.74, 6) is 0.744. The van der Waals surface area contributed by atoms with Crippen LogP contribution in [0.2, 0.25) is 0 Å². The van der Waals surface area contributed by atoms with Crippen LogP contribution in [0.25, 0.3) is 0 Å². The molecule has 4 rings (SSSR count). The molecule has 2 aromatic rings. The first-order valence-corrected chi connectivity index (χ1v) is 12.5. The Kier molecular flexibility index (Phi) is 8.70. The van der Waals surface area contributed by atoms with Crippen molar-refractivity contribution in [1.29, 1.82) is 0 Å². The lowest BCUT2D eigenvalue weighted by Crippen LogP contribution is -2.47. The number of nitrogens with two attached hydrogens (primary N) is 1. The third kappa shape index (κ3) is 6.43. The molecule has 2 aliphatic rings. The quantitative estimate of drug-likeness (QED) is 0.388. The van der Waals surface area contributed by atoms with E-state index >= 15 is 0 Å². The van der Waals surface area contributed by atoms with Crippen molar-refractivity contribution >= 4 is 23.5 Å². The summed E-state index contributed by atoms with van der Waals surface area (Å²) in [5, 5.41) is 14.1. The predicted octanol–water partition coefficient (Wildman–Crippen LogP) is 0.956. The molecule has 37 heavy (non-hydrogen) atoms. The number of hydrazine groups is 1. The van der Waals surface area contributed by atoms with Crippen LogP contribution in [0.4, 0.5) is 11.6 Å². The minimum atomic E-state index is -0.273. The number of morpholine rings is 1. The van der Waals surface area contributed by atoms with Crippen LogP contribution in [0.1, 0.15) is 42.1 Å². The molecule has 2 aliphatic heterocycles. The van der Waals surface area contributed by atoms with E-state index in [-0.39, 0.29) is 31.4 Å². The van der Waals surface area contributed by atoms with E-state index in [9.17, 15) is 14.7 Å². The van der Waals surface area contributed by atoms with Crippen molar-refractivity contribution in [3.63, 3.8) is 0 Å². The molecule has 0 saturated carbocycles. The molecule has 2 aromatic heterocycles. The number of nitrogen functional groups attached to an aromatic ring is 1. The van der Waals surface area contributed by atoms with Crippen molar-refractivity contribution in [2.24, 2.45) is 0 Å². The Hall–Kier alpha value is -3.54. The Morgan fingerprint density at radius 2 is 2.00 bits per heavy atom. The normalized spacial score (nSPS) is 16.4. The van der Waals surface area contributed by atoms with Gasteiger partial charge in [-0.2, -0.15) is 0 Å². The molecule has 11 heteroatoms. The van der Waals surface area contributed by atoms with Crippen LogP contribution in [-0.2, 0) is 34.0 Å². The highest BCUT2D eigenvalue weighted by Gasteiger charge is 2.27. The van der Waals surface area contributed by atoms with Gasteiger partial charge in [0.1, 0.15) is 11.6 Å². The molecule has 0 aromatic carbocycles. The summed E-state index contributed by atoms with van der Waals surface area (Å²) in [5.41, 5.74) is 13.4. The van der Waals surface area contributed by atoms with Crippen molar-refractivity contribution in [2.75, 3.05) is 43.5 Å². The highest BCUT2D eigenvalue weighted by Crippen LogP contribution is 2.23. The van der Waals surface area contributed by atoms with Crippen LogP contribution >= 0.6 is 0 Å². The second kappa shape index (κ2) is 12.1. The summed E-state index contributed by atoms with van der Waals surface area (Å²) >= 11 is 0. The fraction of sp³-hybridized carbons (Fsp3) is 0.462. The number of aliphatic hydroxyl groups excluding tert-OH is 1. The lowest BCUT2D eigenvalue weighted by Gasteiger charge is -2.32. The van der Waals surface area contributed by atoms with Crippen LogP contribution < -0.4 is 21.4 Å². The van der Waals surface area contributed by atoms with Gasteiger partial charge in [-0.05, 0) is 43.5 Å². The van der Waals surface area contributed by atoms with Gasteiger partial charge in [-0.25, -0.2) is 15.4 Å². The van der Waals surface area contributed by atoms with Crippen LogP contribution in [0.15, 0.2) is 35.5 Å². The van der Waals surface area contributed by atoms with E-state index in [4.69, 9.17) is 10.5 Å². The lowest BCUT2D eigenvalue weighted by atomic mass is 9.98. The number of aromatic nitrogens is 2. The number of amides is 2. The molecule has 0 radical (unpaired) electrons. The van der Waals surface area contributed by atoms with E-state index in [0.717, 1.165) is 41.2 Å². The monoisotopic (exact) mass is 509 g/mol. The van der Waals surface area contributed by atoms with E-state index < -0.39 is 0 Å². The first-order valence-electron chi connectivity index (χ1n) is 12.5. The molecule has 0 spiro atoms. The molecule has 4 heterocycles. The lowest BCUT2D eigenvalue weighted by molar-refractivity contribution is -0.132. The minimum absolute atomic E-state index is 0.0231. The Bertz CT molecular complexity index is 1180. The highest BCUT2D eigenvalue weighted by atomic mass is 16.5. The molecule has 0 unspecified atom stereocenters. The second-order valence-electron chi connectivity index (χ2n) is 9.29. The van der Waals surface area contributed by atoms with E-state index in [2.05, 4.69) is 25.6 Å². The fourth-order valence-corrected chi connectivity index (χ4v) is 4.64. The third-order valence-corrected chi connectivity index (χ3v) is 6.77. The Morgan fingerprint density at radius 3 is 2.76 bits per heavy atom. The molecule has 0 bridgehead atoms. The highest BCUT2D eigenvalue weighted by molar-refractivity contribution is 5.99. The van der Waals surface area contributed by atoms with Crippen molar-refractivity contribution in [3.05, 3.63) is 57.9 Å². The molecule has 1 saturated heterocycles. The summed E-state index contributed by atoms with van der Waals surface area (Å²) in [4.78, 5) is 37.0. The van der Waals surface area contributed by atoms with E-state index in [1.165, 1.54) is 0 Å². The zero-order valence-electron chi connectivity index (χ0n) is 21.4. The van der Waals surface area contributed by atoms with Gasteiger partial charge in [-0.3, -0.25) is 14.6 Å². The number of carbonyl (C=O) groups is 2. The van der Waals surface area contributed by atoms with Crippen molar-refractivity contribution < 1.29 is 19.4 Å². The molecule has 2 amide bonds. The Labute approximate surface area is 216 Å². The number of hydrogen-bond acceptors (Lipinski definition) is 9. The number of aryl methyl sites for hydroxylation is 1. The van der Waals surface area contributed by atoms with Gasteiger partial charge >= 0.3 is 0 Å². The van der Waals surface area contributed by atoms with Gasteiger partial charge in [-0.15, -0.1) is 0 Å². The zero-order chi connectivity index (χ0) is 26.4. The Balaban J connectivity index is 1.37. The molecular weight excluding hydrogens is 474 g/mol. The average molecular weight is 510 g/mol. The van der Waals surface area contributed by atoms with Gasteiger partial charge in [0.15, 0.2) is 0 Å². The SMILES string of the molecule is CC1=C(CC(=O)NCc2c(C)cc(N)nc2CO)C(=O)N(NCc2cccnc2N2CCOCC2)CC1. The van der Waals surface area contributed by atoms with Crippen LogP contribution in [0.5, 0.6) is 0 Å². The van der Waals surface area contributed by atoms with Gasteiger partial charge in [0.25, 0.3) is 5.91 Å². The third-order valence-electron chi connectivity index (χ3n) is 6.77. The number of carbonyl (C=O) groups excluding carboxylic acids is 2. The fourth-order valence-electron chi connectivity index (χ4n) is 4.64. The van der Waals surface area contributed by atoms with E-state index in [0.29, 0.717) is 49.8 Å². The van der Waals surface area contributed by atoms with Gasteiger partial charge in [-0.1, -0.05) is 11.6 Å². The summed E-state index contributed by atoms with van der Waals surface area (Å²) in [6, 6.07) is 5.59. The zero-order valence-corrected chi connectivity index (χ0v) is 21.4. The van der Waals surface area contributed by atoms with Crippen LogP contribution in [-0.4, -0.2) is 64.7 Å². The number of aliphatic hydroxyl groups is 1. The summed E-state index contributed by atoms with van der Waals surface area (Å²) in [6.45, 7) is 7.53. The van der Waals surface area contributed by atoms with E-state index in [1.54, 1.807) is 17.3 Å². The number of anilines is 2. The summed E-state index contributed by atoms with van der Waals surface area (Å²) < 4.78 is 5.45. The second-order valence-corrected chi connectivity index (χ2v) is 9.29. The molecule has 0 aliphatic carbocycles. The number of hydrogen-bond donors (Lipinski definition) is 4. The minimum Gasteiger partial charge on any atom is -0.390 e. The molecule has 11 nitrogen and oxygen atoms in total. The van der Waals surface area contributed by atoms with Crippen molar-refractivity contribution in [1.82, 2.24) is 25.7 Å². The maximum Gasteiger partial charge on any atom is 0.264 e. The number of rotatable bonds is 9. The number of ether oxygens (including phenoxy) is 1. The van der Waals surface area contributed by atoms with Crippen molar-refractivity contribution in [3.8, 4) is 0 Å². The molecule has 5 N–H and O–H groups in total. The first kappa shape index (κ1) is 26.5. The summed E-state index contributed by atoms with van der Waals surface area (Å²) in [6.07, 6.45) is 2.43. The standard InChI is InChI=1S/C26H35N7O4/c1-17-5-7-33(30-14-19-4-3-6-28-25(19)32-8-10-37-11-9-32)26(36)20(17)13-24(35)29-15-21-18(2)12-23(27)31-22(21)16-34/h3-4,6,12,30,34H,5,7-11,13-16H2,1-2H3,(H2,27,31)(H,29,35). The van der Waals surface area contributed by atoms with Crippen molar-refractivity contribution in [2.45, 2.75) is 46.4 Å². The molecular formula is C26H35N7O4. The van der Waals surface area contributed by atoms with Crippen LogP contribution in [0, 0.1) is 6.92 Å². The van der Waals surface area contributed by atoms with Gasteiger partial charge < -0.3 is 25.8 Å². The number of nitrogens with one attached hydrogen (secondary N) is 2. The molecule has 1 fully saturated rings.